The highest BCUT2D eigenvalue weighted by molar-refractivity contribution is 6.13. The monoisotopic (exact) mass is 716 g/mol. The van der Waals surface area contributed by atoms with Crippen LogP contribution in [0.15, 0.2) is 182 Å². The summed E-state index contributed by atoms with van der Waals surface area (Å²) in [6, 6.07) is 67.5. The molecule has 0 saturated carbocycles. The smallest absolute Gasteiger partial charge is 0.0541 e. The predicted octanol–water partition coefficient (Wildman–Crippen LogP) is 15.3. The van der Waals surface area contributed by atoms with Crippen molar-refractivity contribution in [3.8, 4) is 39.1 Å². The van der Waals surface area contributed by atoms with Crippen LogP contribution in [0.3, 0.4) is 0 Å². The van der Waals surface area contributed by atoms with Crippen molar-refractivity contribution in [2.75, 3.05) is 4.90 Å². The summed E-state index contributed by atoms with van der Waals surface area (Å²) >= 11 is 0. The van der Waals surface area contributed by atoms with Crippen LogP contribution >= 0.6 is 0 Å². The Morgan fingerprint density at radius 3 is 1.68 bits per heavy atom. The van der Waals surface area contributed by atoms with Gasteiger partial charge in [0.2, 0.25) is 0 Å². The van der Waals surface area contributed by atoms with Crippen molar-refractivity contribution in [1.82, 2.24) is 4.57 Å². The van der Waals surface area contributed by atoms with Crippen molar-refractivity contribution in [3.63, 3.8) is 0 Å². The lowest BCUT2D eigenvalue weighted by molar-refractivity contribution is 0.865. The van der Waals surface area contributed by atoms with Gasteiger partial charge in [-0.25, -0.2) is 0 Å². The molecule has 10 aromatic rings. The quantitative estimate of drug-likeness (QED) is 0.166. The van der Waals surface area contributed by atoms with E-state index in [1.54, 1.807) is 0 Å². The molecule has 2 heteroatoms. The van der Waals surface area contributed by atoms with Crippen molar-refractivity contribution in [1.29, 1.82) is 0 Å². The molecule has 1 aliphatic rings. The second kappa shape index (κ2) is 12.6. The summed E-state index contributed by atoms with van der Waals surface area (Å²) in [6.07, 6.45) is 0. The van der Waals surface area contributed by atoms with Gasteiger partial charge in [-0.15, -0.1) is 0 Å². The van der Waals surface area contributed by atoms with Crippen LogP contribution in [0.25, 0.3) is 82.4 Å². The van der Waals surface area contributed by atoms with Crippen molar-refractivity contribution in [3.05, 3.63) is 193 Å². The summed E-state index contributed by atoms with van der Waals surface area (Å²) in [7, 11) is 0. The van der Waals surface area contributed by atoms with Crippen LogP contribution in [0.5, 0.6) is 0 Å². The third-order valence-electron chi connectivity index (χ3n) is 11.9. The fraction of sp³-hybridized carbons (Fsp3) is 0.0741. The van der Waals surface area contributed by atoms with Gasteiger partial charge in [-0.2, -0.15) is 0 Å². The van der Waals surface area contributed by atoms with E-state index in [1.807, 2.05) is 0 Å². The Labute approximate surface area is 327 Å². The number of hydrogen-bond donors (Lipinski definition) is 0. The number of para-hydroxylation sites is 2. The zero-order chi connectivity index (χ0) is 37.5. The molecular formula is C54H40N2. The molecule has 9 aromatic carbocycles. The molecule has 0 radical (unpaired) electrons. The van der Waals surface area contributed by atoms with Crippen molar-refractivity contribution in [2.24, 2.45) is 0 Å². The first kappa shape index (κ1) is 32.5. The zero-order valence-corrected chi connectivity index (χ0v) is 31.8. The fourth-order valence-electron chi connectivity index (χ4n) is 8.99. The average molecular weight is 717 g/mol. The van der Waals surface area contributed by atoms with Crippen LogP contribution in [0.2, 0.25) is 0 Å². The normalized spacial score (nSPS) is 12.0. The van der Waals surface area contributed by atoms with Gasteiger partial charge in [0, 0.05) is 33.5 Å². The number of anilines is 3. The first-order chi connectivity index (χ1) is 27.5. The van der Waals surface area contributed by atoms with Crippen LogP contribution in [0.1, 0.15) is 30.9 Å². The van der Waals surface area contributed by atoms with Gasteiger partial charge in [0.05, 0.1) is 11.0 Å². The lowest BCUT2D eigenvalue weighted by Crippen LogP contribution is -2.12. The molecule has 0 aliphatic heterocycles. The molecule has 0 N–H and O–H groups in total. The zero-order valence-electron chi connectivity index (χ0n) is 31.8. The summed E-state index contributed by atoms with van der Waals surface area (Å²) in [4.78, 5) is 2.45. The van der Waals surface area contributed by atoms with Crippen LogP contribution in [0.4, 0.5) is 17.1 Å². The van der Waals surface area contributed by atoms with E-state index in [9.17, 15) is 0 Å². The minimum absolute atomic E-state index is 0.429. The Hall–Kier alpha value is -6.90. The molecule has 0 unspecified atom stereocenters. The molecule has 0 fully saturated rings. The van der Waals surface area contributed by atoms with E-state index >= 15 is 0 Å². The van der Waals surface area contributed by atoms with Gasteiger partial charge in [-0.1, -0.05) is 117 Å². The Morgan fingerprint density at radius 1 is 0.429 bits per heavy atom. The first-order valence-electron chi connectivity index (χ1n) is 19.7. The third-order valence-corrected chi connectivity index (χ3v) is 11.9. The molecule has 2 nitrogen and oxygen atoms in total. The van der Waals surface area contributed by atoms with E-state index in [-0.39, 0.29) is 0 Å². The number of aryl methyl sites for hydroxylation is 1. The van der Waals surface area contributed by atoms with E-state index in [0.717, 1.165) is 11.4 Å². The van der Waals surface area contributed by atoms with E-state index in [1.165, 1.54) is 99.2 Å². The summed E-state index contributed by atoms with van der Waals surface area (Å²) in [5, 5.41) is 7.59. The van der Waals surface area contributed by atoms with Gasteiger partial charge in [0.1, 0.15) is 0 Å². The van der Waals surface area contributed by atoms with Crippen LogP contribution in [-0.2, 0) is 0 Å². The summed E-state index contributed by atoms with van der Waals surface area (Å²) < 4.78 is 2.41. The van der Waals surface area contributed by atoms with E-state index in [0.29, 0.717) is 5.92 Å². The number of rotatable bonds is 6. The Kier molecular flexibility index (Phi) is 7.31. The SMILES string of the molecule is Cc1ccc(C(C)C)cc1N(c1cccc(-c2ccccc2)c1)c1ccc2cc3c(cc2c1)-c1cc2ccc(-n4c5ccccc5c5ccccc54)cc2cc1-3. The predicted molar refractivity (Wildman–Crippen MR) is 239 cm³/mol. The first-order valence-corrected chi connectivity index (χ1v) is 19.7. The van der Waals surface area contributed by atoms with Gasteiger partial charge in [-0.05, 0) is 158 Å². The van der Waals surface area contributed by atoms with Crippen molar-refractivity contribution >= 4 is 60.4 Å². The van der Waals surface area contributed by atoms with Gasteiger partial charge in [-0.3, -0.25) is 0 Å². The molecule has 0 amide bonds. The molecule has 0 bridgehead atoms. The fourth-order valence-corrected chi connectivity index (χ4v) is 8.99. The number of fused-ring (bicyclic) bond motifs is 9. The molecule has 1 heterocycles. The van der Waals surface area contributed by atoms with Crippen molar-refractivity contribution in [2.45, 2.75) is 26.7 Å². The van der Waals surface area contributed by atoms with E-state index in [2.05, 4.69) is 212 Å². The molecule has 11 rings (SSSR count). The van der Waals surface area contributed by atoms with Gasteiger partial charge >= 0.3 is 0 Å². The number of hydrogen-bond acceptors (Lipinski definition) is 1. The summed E-state index contributed by atoms with van der Waals surface area (Å²) in [5.74, 6) is 0.429. The Morgan fingerprint density at radius 2 is 1.00 bits per heavy atom. The maximum absolute atomic E-state index is 2.45. The molecule has 0 atom stereocenters. The number of benzene rings is 9. The maximum Gasteiger partial charge on any atom is 0.0541 e. The number of aromatic nitrogens is 1. The van der Waals surface area contributed by atoms with Crippen LogP contribution in [-0.4, -0.2) is 4.57 Å². The minimum Gasteiger partial charge on any atom is -0.310 e. The highest BCUT2D eigenvalue weighted by Crippen LogP contribution is 2.51. The maximum atomic E-state index is 2.45. The largest absolute Gasteiger partial charge is 0.310 e. The molecule has 1 aliphatic carbocycles. The van der Waals surface area contributed by atoms with Gasteiger partial charge < -0.3 is 9.47 Å². The Bertz CT molecular complexity index is 3130. The Balaban J connectivity index is 1.01. The second-order valence-corrected chi connectivity index (χ2v) is 15.7. The standard InChI is InChI=1S/C54H40N2/c1-34(2)37-21-20-35(3)54(33-37)55(43-15-11-14-38(26-43)36-12-5-4-6-13-36)44-24-22-39-29-48-50(31-41(39)27-44)49-30-40-23-25-45(28-42(40)32-51(48)49)56-52-18-9-7-16-46(52)47-17-8-10-19-53(47)56/h4-34H,1-3H3. The van der Waals surface area contributed by atoms with Gasteiger partial charge in [0.15, 0.2) is 0 Å². The van der Waals surface area contributed by atoms with Crippen molar-refractivity contribution < 1.29 is 0 Å². The number of nitrogens with zero attached hydrogens (tertiary/aromatic N) is 2. The van der Waals surface area contributed by atoms with Crippen LogP contribution in [0, 0.1) is 6.92 Å². The molecular weight excluding hydrogens is 677 g/mol. The third kappa shape index (κ3) is 5.10. The van der Waals surface area contributed by atoms with Gasteiger partial charge in [0.25, 0.3) is 0 Å². The molecule has 0 saturated heterocycles. The van der Waals surface area contributed by atoms with E-state index in [4.69, 9.17) is 0 Å². The average Bonchev–Trinajstić information content (AvgIpc) is 3.58. The summed E-state index contributed by atoms with van der Waals surface area (Å²) in [5.41, 5.74) is 17.5. The van der Waals surface area contributed by atoms with Crippen LogP contribution < -0.4 is 4.90 Å². The lowest BCUT2D eigenvalue weighted by Gasteiger charge is -2.29. The lowest BCUT2D eigenvalue weighted by atomic mass is 9.78. The summed E-state index contributed by atoms with van der Waals surface area (Å²) in [6.45, 7) is 6.77. The highest BCUT2D eigenvalue weighted by Gasteiger charge is 2.25. The second-order valence-electron chi connectivity index (χ2n) is 15.7. The molecule has 1 aromatic heterocycles. The minimum atomic E-state index is 0.429. The van der Waals surface area contributed by atoms with E-state index < -0.39 is 0 Å². The molecule has 0 spiro atoms. The molecule has 56 heavy (non-hydrogen) atoms. The topological polar surface area (TPSA) is 8.17 Å². The molecule has 266 valence electrons. The highest BCUT2D eigenvalue weighted by atomic mass is 15.1.